The molecule has 23 heteroatoms. The van der Waals surface area contributed by atoms with E-state index in [2.05, 4.69) is 0 Å². The van der Waals surface area contributed by atoms with E-state index in [4.69, 9.17) is 18.9 Å². The predicted molar refractivity (Wildman–Crippen MR) is 247 cm³/mol. The summed E-state index contributed by atoms with van der Waals surface area (Å²) in [5.74, 6) is -5.81. The van der Waals surface area contributed by atoms with Gasteiger partial charge in [-0.1, -0.05) is 48.5 Å². The van der Waals surface area contributed by atoms with Crippen LogP contribution in [0.1, 0.15) is 42.5 Å². The number of ether oxygens (including phenoxy) is 4. The highest BCUT2D eigenvalue weighted by atomic mass is 32.2. The van der Waals surface area contributed by atoms with E-state index in [9.17, 15) is 83.0 Å². The van der Waals surface area contributed by atoms with Gasteiger partial charge in [0.15, 0.2) is 16.1 Å². The standard InChI is InChI=1S/C50H57F2NO19S/c51-27-9-5-25(6-10-27)33(69-34-19-32(49(65)66)39(56)43(60)40(34)57)18-17-31-38(53(48(31)64)29-13-11-28(52)12-14-29)26-3-1-23(2-4-26)24-7-15-30(16-8-24)73(67,68)22-37-42(59)45(62)47(36(21-55)70-37)72-50-46(63)44(61)41(58)35(20-54)71-50/h1-16,31-47,50,54-63H,17-22H2,(H,65,66)/t31-,32?,33+,34-,35?,36?,37+,38-,39-,40-,41-,42-,43?,44?,45?,46+,47-,50+/m1/s1. The number of carbonyl (C=O) groups excluding carboxylic acids is 1. The van der Waals surface area contributed by atoms with Crippen molar-refractivity contribution < 1.29 is 102 Å². The second kappa shape index (κ2) is 22.5. The van der Waals surface area contributed by atoms with Crippen LogP contribution in [0, 0.1) is 23.5 Å². The van der Waals surface area contributed by atoms with E-state index in [1.54, 1.807) is 24.3 Å². The van der Waals surface area contributed by atoms with Crippen molar-refractivity contribution >= 4 is 27.4 Å². The molecule has 0 radical (unpaired) electrons. The number of β-lactam (4-membered cyclic amide) rings is 1. The molecule has 4 aromatic rings. The Balaban J connectivity index is 0.966. The van der Waals surface area contributed by atoms with Gasteiger partial charge >= 0.3 is 5.97 Å². The summed E-state index contributed by atoms with van der Waals surface area (Å²) < 4.78 is 78.4. The quantitative estimate of drug-likeness (QED) is 0.0614. The molecule has 0 aromatic heterocycles. The minimum Gasteiger partial charge on any atom is -0.481 e. The molecule has 0 spiro atoms. The Bertz CT molecular complexity index is 2630. The molecular weight excluding hydrogens is 989 g/mol. The Kier molecular flexibility index (Phi) is 16.7. The minimum absolute atomic E-state index is 0.0949. The number of aliphatic hydroxyl groups excluding tert-OH is 10. The fraction of sp³-hybridized carbons (Fsp3) is 0.480. The third-order valence-electron chi connectivity index (χ3n) is 14.2. The predicted octanol–water partition coefficient (Wildman–Crippen LogP) is -0.130. The number of benzene rings is 4. The Morgan fingerprint density at radius 3 is 1.82 bits per heavy atom. The molecule has 1 amide bonds. The van der Waals surface area contributed by atoms with Crippen LogP contribution in [0.3, 0.4) is 0 Å². The average Bonchev–Trinajstić information content (AvgIpc) is 3.38. The zero-order valence-electron chi connectivity index (χ0n) is 38.7. The maximum Gasteiger partial charge on any atom is 0.309 e. The van der Waals surface area contributed by atoms with Gasteiger partial charge in [0, 0.05) is 5.69 Å². The average molecular weight is 1050 g/mol. The van der Waals surface area contributed by atoms with Crippen molar-refractivity contribution in [2.45, 2.75) is 122 Å². The summed E-state index contributed by atoms with van der Waals surface area (Å²) >= 11 is 0. The van der Waals surface area contributed by atoms with Gasteiger partial charge in [0.1, 0.15) is 78.8 Å². The second-order valence-electron chi connectivity index (χ2n) is 18.8. The van der Waals surface area contributed by atoms with Crippen molar-refractivity contribution in [1.82, 2.24) is 0 Å². The molecule has 1 aliphatic carbocycles. The maximum absolute atomic E-state index is 14.1. The smallest absolute Gasteiger partial charge is 0.309 e. The van der Waals surface area contributed by atoms with Crippen LogP contribution in [0.25, 0.3) is 11.1 Å². The van der Waals surface area contributed by atoms with E-state index < -0.39 is 156 Å². The summed E-state index contributed by atoms with van der Waals surface area (Å²) in [5.41, 5.74) is 2.72. The number of aliphatic hydroxyl groups is 10. The van der Waals surface area contributed by atoms with Crippen LogP contribution in [-0.2, 0) is 38.4 Å². The number of carbonyl (C=O) groups is 2. The van der Waals surface area contributed by atoms with Gasteiger partial charge < -0.3 is 80.0 Å². The highest BCUT2D eigenvalue weighted by Crippen LogP contribution is 2.47. The molecule has 0 bridgehead atoms. The fourth-order valence-electron chi connectivity index (χ4n) is 10.0. The Morgan fingerprint density at radius 1 is 0.671 bits per heavy atom. The number of carboxylic acid groups (broad SMARTS) is 1. The molecule has 4 aliphatic rings. The lowest BCUT2D eigenvalue weighted by atomic mass is 9.77. The lowest BCUT2D eigenvalue weighted by Gasteiger charge is -2.48. The van der Waals surface area contributed by atoms with Crippen LogP contribution in [0.5, 0.6) is 0 Å². The zero-order chi connectivity index (χ0) is 52.6. The first kappa shape index (κ1) is 54.3. The SMILES string of the molecule is O=C(O)C1C[C@@H](O[C@@H](CC[C@H]2C(=O)N(c3ccc(F)cc3)[C@@H]2c2ccc(-c3ccc(S(=O)(=O)C[C@@H]4OC(CO)[C@@H](O[C@@H]5OC(CO)[C@@H](O)C(O)[C@@H]5O)C(O)[C@@H]4O)cc3)cc2)c2ccc(F)cc2)[C@@H](O)C(O)[C@@H]1O. The normalized spacial score (nSPS) is 34.3. The van der Waals surface area contributed by atoms with E-state index in [0.29, 0.717) is 27.9 Å². The van der Waals surface area contributed by atoms with Gasteiger partial charge in [-0.3, -0.25) is 9.59 Å². The van der Waals surface area contributed by atoms with Gasteiger partial charge in [-0.15, -0.1) is 0 Å². The Hall–Kier alpha value is -4.93. The number of sulfone groups is 1. The Labute approximate surface area is 416 Å². The molecular formula is C50H57F2NO19S. The van der Waals surface area contributed by atoms with Gasteiger partial charge in [-0.25, -0.2) is 17.2 Å². The first-order chi connectivity index (χ1) is 34.7. The molecule has 396 valence electrons. The summed E-state index contributed by atoms with van der Waals surface area (Å²) in [4.78, 5) is 27.3. The molecule has 20 nitrogen and oxygen atoms in total. The van der Waals surface area contributed by atoms with E-state index in [1.165, 1.54) is 77.7 Å². The van der Waals surface area contributed by atoms with Crippen molar-refractivity contribution in [3.8, 4) is 11.1 Å². The van der Waals surface area contributed by atoms with E-state index >= 15 is 0 Å². The van der Waals surface area contributed by atoms with Gasteiger partial charge in [0.25, 0.3) is 0 Å². The molecule has 18 atom stereocenters. The van der Waals surface area contributed by atoms with Gasteiger partial charge in [0.2, 0.25) is 5.91 Å². The second-order valence-corrected chi connectivity index (χ2v) is 20.8. The largest absolute Gasteiger partial charge is 0.481 e. The topological polar surface area (TPSA) is 331 Å². The number of hydrogen-bond acceptors (Lipinski definition) is 18. The van der Waals surface area contributed by atoms with Crippen molar-refractivity contribution in [2.75, 3.05) is 23.9 Å². The number of aliphatic carboxylic acids is 1. The molecule has 11 N–H and O–H groups in total. The third-order valence-corrected chi connectivity index (χ3v) is 16.0. The Morgan fingerprint density at radius 2 is 1.23 bits per heavy atom. The first-order valence-corrected chi connectivity index (χ1v) is 25.2. The third kappa shape index (κ3) is 11.2. The molecule has 1 saturated carbocycles. The van der Waals surface area contributed by atoms with Crippen LogP contribution in [0.2, 0.25) is 0 Å². The van der Waals surface area contributed by atoms with E-state index in [0.717, 1.165) is 0 Å². The molecule has 73 heavy (non-hydrogen) atoms. The monoisotopic (exact) mass is 1050 g/mol. The summed E-state index contributed by atoms with van der Waals surface area (Å²) in [6.45, 7) is -1.63. The van der Waals surface area contributed by atoms with Crippen LogP contribution in [0.4, 0.5) is 14.5 Å². The summed E-state index contributed by atoms with van der Waals surface area (Å²) in [5, 5.41) is 114. The van der Waals surface area contributed by atoms with Gasteiger partial charge in [0.05, 0.1) is 60.1 Å². The van der Waals surface area contributed by atoms with Crippen molar-refractivity contribution in [3.05, 3.63) is 120 Å². The van der Waals surface area contributed by atoms with Crippen molar-refractivity contribution in [2.24, 2.45) is 11.8 Å². The molecule has 6 unspecified atom stereocenters. The summed E-state index contributed by atoms with van der Waals surface area (Å²) in [7, 11) is -4.25. The van der Waals surface area contributed by atoms with Crippen LogP contribution >= 0.6 is 0 Å². The maximum atomic E-state index is 14.1. The number of carboxylic acids is 1. The number of hydrogen-bond donors (Lipinski definition) is 11. The van der Waals surface area contributed by atoms with Crippen LogP contribution < -0.4 is 4.90 Å². The molecule has 8 rings (SSSR count). The van der Waals surface area contributed by atoms with Gasteiger partial charge in [-0.05, 0) is 90.0 Å². The molecule has 4 fully saturated rings. The minimum atomic E-state index is -4.25. The molecule has 4 aromatic carbocycles. The van der Waals surface area contributed by atoms with E-state index in [-0.39, 0.29) is 30.1 Å². The lowest BCUT2D eigenvalue weighted by molar-refractivity contribution is -0.341. The highest BCUT2D eigenvalue weighted by molar-refractivity contribution is 7.91. The highest BCUT2D eigenvalue weighted by Gasteiger charge is 2.52. The number of halogens is 2. The van der Waals surface area contributed by atoms with Crippen LogP contribution in [-0.4, -0.2) is 181 Å². The summed E-state index contributed by atoms with van der Waals surface area (Å²) in [6, 6.07) is 22.8. The lowest BCUT2D eigenvalue weighted by Crippen LogP contribution is -2.65. The first-order valence-electron chi connectivity index (χ1n) is 23.5. The van der Waals surface area contributed by atoms with Crippen molar-refractivity contribution in [1.29, 1.82) is 0 Å². The number of nitrogens with zero attached hydrogens (tertiary/aromatic N) is 1. The number of amides is 1. The number of anilines is 1. The van der Waals surface area contributed by atoms with Gasteiger partial charge in [-0.2, -0.15) is 0 Å². The molecule has 3 aliphatic heterocycles. The van der Waals surface area contributed by atoms with Crippen LogP contribution in [0.15, 0.2) is 102 Å². The number of rotatable bonds is 17. The summed E-state index contributed by atoms with van der Waals surface area (Å²) in [6.07, 6.45) is -24.6. The fourth-order valence-corrected chi connectivity index (χ4v) is 11.5. The van der Waals surface area contributed by atoms with Crippen molar-refractivity contribution in [3.63, 3.8) is 0 Å². The zero-order valence-corrected chi connectivity index (χ0v) is 39.5. The molecule has 3 heterocycles. The van der Waals surface area contributed by atoms with E-state index in [1.807, 2.05) is 0 Å². The molecule has 3 saturated heterocycles.